The molecule has 0 fully saturated rings. The van der Waals surface area contributed by atoms with E-state index in [1.54, 1.807) is 18.2 Å². The van der Waals surface area contributed by atoms with Crippen molar-refractivity contribution in [3.05, 3.63) is 28.8 Å². The zero-order valence-corrected chi connectivity index (χ0v) is 9.79. The Hall–Kier alpha value is -1.26. The van der Waals surface area contributed by atoms with Gasteiger partial charge in [-0.2, -0.15) is 0 Å². The van der Waals surface area contributed by atoms with E-state index in [1.165, 1.54) is 0 Å². The molecule has 0 aliphatic heterocycles. The van der Waals surface area contributed by atoms with E-state index in [0.717, 1.165) is 0 Å². The number of aliphatic hydroxyl groups excluding tert-OH is 1. The largest absolute Gasteiger partial charge is 0.397 e. The third-order valence-corrected chi connectivity index (χ3v) is 2.68. The number of nitrogen functional groups attached to an aromatic ring is 1. The Morgan fingerprint density at radius 1 is 1.62 bits per heavy atom. The van der Waals surface area contributed by atoms with Crippen LogP contribution in [0.4, 0.5) is 5.69 Å². The number of benzene rings is 1. The van der Waals surface area contributed by atoms with Gasteiger partial charge in [0.15, 0.2) is 0 Å². The van der Waals surface area contributed by atoms with Crippen LogP contribution in [0.3, 0.4) is 0 Å². The number of para-hydroxylation sites is 1. The quantitative estimate of drug-likeness (QED) is 0.699. The van der Waals surface area contributed by atoms with Crippen LogP contribution >= 0.6 is 11.6 Å². The first-order valence-corrected chi connectivity index (χ1v) is 5.43. The summed E-state index contributed by atoms with van der Waals surface area (Å²) in [6, 6.07) is 4.62. The first kappa shape index (κ1) is 12.8. The second-order valence-corrected chi connectivity index (χ2v) is 3.87. The highest BCUT2D eigenvalue weighted by molar-refractivity contribution is 6.33. The van der Waals surface area contributed by atoms with E-state index >= 15 is 0 Å². The molecule has 16 heavy (non-hydrogen) atoms. The zero-order valence-electron chi connectivity index (χ0n) is 9.03. The number of hydrogen-bond acceptors (Lipinski definition) is 3. The second-order valence-electron chi connectivity index (χ2n) is 3.46. The summed E-state index contributed by atoms with van der Waals surface area (Å²) >= 11 is 5.81. The number of anilines is 1. The topological polar surface area (TPSA) is 75.3 Å². The average molecular weight is 243 g/mol. The summed E-state index contributed by atoms with van der Waals surface area (Å²) in [6.07, 6.45) is 0.655. The average Bonchev–Trinajstić information content (AvgIpc) is 2.29. The van der Waals surface area contributed by atoms with Crippen molar-refractivity contribution in [3.63, 3.8) is 0 Å². The Bertz CT molecular complexity index is 378. The van der Waals surface area contributed by atoms with Gasteiger partial charge in [-0.05, 0) is 18.6 Å². The number of carbonyl (C=O) groups excluding carboxylic acids is 1. The Morgan fingerprint density at radius 2 is 2.31 bits per heavy atom. The highest BCUT2D eigenvalue weighted by Crippen LogP contribution is 2.22. The van der Waals surface area contributed by atoms with Gasteiger partial charge in [0, 0.05) is 0 Å². The summed E-state index contributed by atoms with van der Waals surface area (Å²) in [6.45, 7) is 1.78. The van der Waals surface area contributed by atoms with Gasteiger partial charge in [0.2, 0.25) is 0 Å². The van der Waals surface area contributed by atoms with Crippen molar-refractivity contribution in [2.24, 2.45) is 0 Å². The van der Waals surface area contributed by atoms with Crippen LogP contribution in [0.1, 0.15) is 23.7 Å². The molecule has 0 saturated heterocycles. The minimum absolute atomic E-state index is 0.0945. The van der Waals surface area contributed by atoms with Crippen LogP contribution in [-0.2, 0) is 0 Å². The summed E-state index contributed by atoms with van der Waals surface area (Å²) in [7, 11) is 0. The first-order chi connectivity index (χ1) is 7.60. The molecule has 0 spiro atoms. The predicted molar refractivity (Wildman–Crippen MR) is 64.5 cm³/mol. The molecule has 0 bridgehead atoms. The number of aliphatic hydroxyl groups is 1. The normalized spacial score (nSPS) is 12.2. The van der Waals surface area contributed by atoms with Crippen molar-refractivity contribution < 1.29 is 9.90 Å². The van der Waals surface area contributed by atoms with E-state index in [-0.39, 0.29) is 24.2 Å². The Balaban J connectivity index is 2.84. The fourth-order valence-corrected chi connectivity index (χ4v) is 1.45. The van der Waals surface area contributed by atoms with Gasteiger partial charge in [0.05, 0.1) is 28.9 Å². The smallest absolute Gasteiger partial charge is 0.253 e. The number of carbonyl (C=O) groups is 1. The Morgan fingerprint density at radius 3 is 2.88 bits per heavy atom. The highest BCUT2D eigenvalue weighted by atomic mass is 35.5. The summed E-state index contributed by atoms with van der Waals surface area (Å²) < 4.78 is 0. The van der Waals surface area contributed by atoms with Crippen molar-refractivity contribution in [3.8, 4) is 0 Å². The number of nitrogens with one attached hydrogen (secondary N) is 1. The lowest BCUT2D eigenvalue weighted by Gasteiger charge is -2.15. The van der Waals surface area contributed by atoms with Crippen LogP contribution < -0.4 is 11.1 Å². The van der Waals surface area contributed by atoms with E-state index in [2.05, 4.69) is 5.32 Å². The van der Waals surface area contributed by atoms with E-state index in [0.29, 0.717) is 17.0 Å². The molecule has 1 amide bonds. The number of amides is 1. The molecule has 1 aromatic carbocycles. The molecule has 4 nitrogen and oxygen atoms in total. The van der Waals surface area contributed by atoms with Crippen LogP contribution in [0.2, 0.25) is 5.02 Å². The third-order valence-electron chi connectivity index (χ3n) is 2.35. The Kier molecular flexibility index (Phi) is 4.58. The zero-order chi connectivity index (χ0) is 12.1. The fraction of sp³-hybridized carbons (Fsp3) is 0.364. The number of rotatable bonds is 4. The van der Waals surface area contributed by atoms with Gasteiger partial charge >= 0.3 is 0 Å². The molecule has 0 aliphatic rings. The van der Waals surface area contributed by atoms with Gasteiger partial charge in [-0.15, -0.1) is 0 Å². The van der Waals surface area contributed by atoms with Gasteiger partial charge in [-0.1, -0.05) is 24.6 Å². The van der Waals surface area contributed by atoms with Crippen molar-refractivity contribution >= 4 is 23.2 Å². The van der Waals surface area contributed by atoms with Crippen LogP contribution in [0, 0.1) is 0 Å². The molecule has 5 heteroatoms. The van der Waals surface area contributed by atoms with Crippen molar-refractivity contribution in [1.82, 2.24) is 5.32 Å². The molecule has 88 valence electrons. The van der Waals surface area contributed by atoms with Gasteiger partial charge < -0.3 is 16.2 Å². The van der Waals surface area contributed by atoms with E-state index in [1.807, 2.05) is 6.92 Å². The van der Waals surface area contributed by atoms with Crippen molar-refractivity contribution in [2.75, 3.05) is 12.3 Å². The molecule has 0 saturated carbocycles. The van der Waals surface area contributed by atoms with Crippen LogP contribution in [-0.4, -0.2) is 23.7 Å². The van der Waals surface area contributed by atoms with E-state index in [4.69, 9.17) is 22.4 Å². The molecule has 1 atom stereocenters. The maximum atomic E-state index is 11.8. The van der Waals surface area contributed by atoms with Crippen LogP contribution in [0.5, 0.6) is 0 Å². The molecule has 0 radical (unpaired) electrons. The Labute approximate surface area is 99.4 Å². The van der Waals surface area contributed by atoms with Crippen LogP contribution in [0.15, 0.2) is 18.2 Å². The minimum Gasteiger partial charge on any atom is -0.397 e. The summed E-state index contributed by atoms with van der Waals surface area (Å²) in [4.78, 5) is 11.8. The lowest BCUT2D eigenvalue weighted by Crippen LogP contribution is -2.37. The van der Waals surface area contributed by atoms with Crippen LogP contribution in [0.25, 0.3) is 0 Å². The molecular weight excluding hydrogens is 228 g/mol. The first-order valence-electron chi connectivity index (χ1n) is 5.05. The maximum Gasteiger partial charge on any atom is 0.253 e. The SMILES string of the molecule is CC[C@@H](CO)NC(=O)c1cccc(Cl)c1N. The highest BCUT2D eigenvalue weighted by Gasteiger charge is 2.14. The molecule has 0 aromatic heterocycles. The second kappa shape index (κ2) is 5.72. The number of hydrogen-bond donors (Lipinski definition) is 3. The minimum atomic E-state index is -0.319. The summed E-state index contributed by atoms with van der Waals surface area (Å²) in [5.74, 6) is -0.319. The maximum absolute atomic E-state index is 11.8. The van der Waals surface area contributed by atoms with E-state index in [9.17, 15) is 4.79 Å². The van der Waals surface area contributed by atoms with Crippen molar-refractivity contribution in [2.45, 2.75) is 19.4 Å². The third kappa shape index (κ3) is 2.87. The standard InChI is InChI=1S/C11H15ClN2O2/c1-2-7(6-15)14-11(16)8-4-3-5-9(12)10(8)13/h3-5,7,15H,2,6,13H2,1H3,(H,14,16)/t7-/m0/s1. The molecule has 0 unspecified atom stereocenters. The molecule has 1 aromatic rings. The lowest BCUT2D eigenvalue weighted by atomic mass is 10.1. The summed E-state index contributed by atoms with van der Waals surface area (Å²) in [5, 5.41) is 12.0. The monoisotopic (exact) mass is 242 g/mol. The lowest BCUT2D eigenvalue weighted by molar-refractivity contribution is 0.0916. The summed E-state index contributed by atoms with van der Waals surface area (Å²) in [5.41, 5.74) is 6.28. The molecule has 0 aliphatic carbocycles. The van der Waals surface area contributed by atoms with E-state index < -0.39 is 0 Å². The number of halogens is 1. The van der Waals surface area contributed by atoms with Gasteiger partial charge in [0.25, 0.3) is 5.91 Å². The molecule has 1 rings (SSSR count). The molecular formula is C11H15ClN2O2. The molecule has 4 N–H and O–H groups in total. The van der Waals surface area contributed by atoms with Gasteiger partial charge in [0.1, 0.15) is 0 Å². The predicted octanol–water partition coefficient (Wildman–Crippen LogP) is 1.42. The fourth-order valence-electron chi connectivity index (χ4n) is 1.27. The van der Waals surface area contributed by atoms with Crippen molar-refractivity contribution in [1.29, 1.82) is 0 Å². The van der Waals surface area contributed by atoms with Gasteiger partial charge in [-0.3, -0.25) is 4.79 Å². The molecule has 0 heterocycles. The van der Waals surface area contributed by atoms with Gasteiger partial charge in [-0.25, -0.2) is 0 Å². The number of nitrogens with two attached hydrogens (primary N) is 1.